The molecule has 0 aromatic rings. The summed E-state index contributed by atoms with van der Waals surface area (Å²) in [4.78, 5) is 21.3. The number of carbonyl (C=O) groups is 2. The second-order valence-corrected chi connectivity index (χ2v) is 3.64. The predicted octanol–water partition coefficient (Wildman–Crippen LogP) is 0.810. The standard InChI is InChI=1S/C11H18N2O3/c1-3-7-12-11(16)13-8-6-9(2)4-5-10(14)15/h1,9H,4-8H2,2H3,(H,14,15)(H2,12,13,16). The number of carboxylic acid groups (broad SMARTS) is 1. The van der Waals surface area contributed by atoms with E-state index in [0.717, 1.165) is 6.42 Å². The number of rotatable bonds is 7. The molecule has 0 aliphatic carbocycles. The van der Waals surface area contributed by atoms with Crippen LogP contribution >= 0.6 is 0 Å². The van der Waals surface area contributed by atoms with Gasteiger partial charge in [0.2, 0.25) is 0 Å². The summed E-state index contributed by atoms with van der Waals surface area (Å²) in [6.45, 7) is 2.70. The van der Waals surface area contributed by atoms with Gasteiger partial charge >= 0.3 is 12.0 Å². The lowest BCUT2D eigenvalue weighted by Gasteiger charge is -2.10. The highest BCUT2D eigenvalue weighted by Crippen LogP contribution is 2.08. The number of carbonyl (C=O) groups excluding carboxylic acids is 1. The summed E-state index contributed by atoms with van der Waals surface area (Å²) in [5.74, 6) is 1.79. The molecule has 0 bridgehead atoms. The van der Waals surface area contributed by atoms with Gasteiger partial charge in [-0.2, -0.15) is 0 Å². The van der Waals surface area contributed by atoms with Crippen molar-refractivity contribution in [3.8, 4) is 12.3 Å². The number of urea groups is 1. The van der Waals surface area contributed by atoms with E-state index in [0.29, 0.717) is 13.0 Å². The quantitative estimate of drug-likeness (QED) is 0.562. The Morgan fingerprint density at radius 3 is 2.62 bits per heavy atom. The third-order valence-electron chi connectivity index (χ3n) is 2.12. The number of nitrogens with one attached hydrogen (secondary N) is 2. The zero-order chi connectivity index (χ0) is 12.4. The van der Waals surface area contributed by atoms with Gasteiger partial charge in [-0.25, -0.2) is 4.79 Å². The van der Waals surface area contributed by atoms with E-state index in [2.05, 4.69) is 16.6 Å². The molecule has 0 rings (SSSR count). The predicted molar refractivity (Wildman–Crippen MR) is 60.9 cm³/mol. The molecule has 90 valence electrons. The molecule has 0 aromatic carbocycles. The Labute approximate surface area is 95.6 Å². The van der Waals surface area contributed by atoms with Crippen molar-refractivity contribution < 1.29 is 14.7 Å². The van der Waals surface area contributed by atoms with Crippen LogP contribution in [0.4, 0.5) is 4.79 Å². The molecular formula is C11H18N2O3. The van der Waals surface area contributed by atoms with Crippen molar-refractivity contribution in [2.24, 2.45) is 5.92 Å². The molecule has 0 radical (unpaired) electrons. The fourth-order valence-electron chi connectivity index (χ4n) is 1.14. The molecule has 0 saturated heterocycles. The van der Waals surface area contributed by atoms with Crippen molar-refractivity contribution in [1.29, 1.82) is 0 Å². The van der Waals surface area contributed by atoms with Gasteiger partial charge in [0.25, 0.3) is 0 Å². The second-order valence-electron chi connectivity index (χ2n) is 3.64. The molecule has 1 atom stereocenters. The summed E-state index contributed by atoms with van der Waals surface area (Å²) < 4.78 is 0. The topological polar surface area (TPSA) is 78.4 Å². The number of hydrogen-bond donors (Lipinski definition) is 3. The van der Waals surface area contributed by atoms with Crippen molar-refractivity contribution in [2.75, 3.05) is 13.1 Å². The van der Waals surface area contributed by atoms with Crippen molar-refractivity contribution in [1.82, 2.24) is 10.6 Å². The molecule has 0 fully saturated rings. The highest BCUT2D eigenvalue weighted by Gasteiger charge is 2.06. The van der Waals surface area contributed by atoms with Gasteiger partial charge in [0.1, 0.15) is 0 Å². The number of aliphatic carboxylic acids is 1. The Morgan fingerprint density at radius 1 is 1.38 bits per heavy atom. The average molecular weight is 226 g/mol. The van der Waals surface area contributed by atoms with E-state index in [4.69, 9.17) is 11.5 Å². The first-order valence-electron chi connectivity index (χ1n) is 5.23. The zero-order valence-corrected chi connectivity index (χ0v) is 9.45. The average Bonchev–Trinajstić information content (AvgIpc) is 2.23. The van der Waals surface area contributed by atoms with Gasteiger partial charge in [-0.1, -0.05) is 12.8 Å². The van der Waals surface area contributed by atoms with Gasteiger partial charge in [-0.15, -0.1) is 6.42 Å². The lowest BCUT2D eigenvalue weighted by Crippen LogP contribution is -2.36. The first-order valence-corrected chi connectivity index (χ1v) is 5.23. The van der Waals surface area contributed by atoms with Crippen LogP contribution < -0.4 is 10.6 Å². The van der Waals surface area contributed by atoms with E-state index < -0.39 is 5.97 Å². The van der Waals surface area contributed by atoms with E-state index >= 15 is 0 Å². The highest BCUT2D eigenvalue weighted by molar-refractivity contribution is 5.74. The van der Waals surface area contributed by atoms with Crippen LogP contribution in [0.1, 0.15) is 26.2 Å². The fourth-order valence-corrected chi connectivity index (χ4v) is 1.14. The number of amides is 2. The lowest BCUT2D eigenvalue weighted by molar-refractivity contribution is -0.137. The first kappa shape index (κ1) is 14.3. The van der Waals surface area contributed by atoms with Gasteiger partial charge in [-0.05, 0) is 18.8 Å². The van der Waals surface area contributed by atoms with Crippen LogP contribution in [-0.2, 0) is 4.79 Å². The molecule has 0 aliphatic heterocycles. The molecule has 5 heteroatoms. The molecule has 0 heterocycles. The Morgan fingerprint density at radius 2 is 2.06 bits per heavy atom. The van der Waals surface area contributed by atoms with Crippen LogP contribution in [0.3, 0.4) is 0 Å². The molecule has 1 unspecified atom stereocenters. The van der Waals surface area contributed by atoms with E-state index in [9.17, 15) is 9.59 Å². The van der Waals surface area contributed by atoms with Crippen LogP contribution in [-0.4, -0.2) is 30.2 Å². The van der Waals surface area contributed by atoms with Crippen LogP contribution in [0.15, 0.2) is 0 Å². The Bertz CT molecular complexity index is 271. The summed E-state index contributed by atoms with van der Waals surface area (Å²) in [5, 5.41) is 13.6. The van der Waals surface area contributed by atoms with E-state index in [-0.39, 0.29) is 24.9 Å². The summed E-state index contributed by atoms with van der Waals surface area (Å²) in [5.41, 5.74) is 0. The third-order valence-corrected chi connectivity index (χ3v) is 2.12. The van der Waals surface area contributed by atoms with E-state index in [1.807, 2.05) is 6.92 Å². The van der Waals surface area contributed by atoms with E-state index in [1.54, 1.807) is 0 Å². The zero-order valence-electron chi connectivity index (χ0n) is 9.45. The molecule has 2 amide bonds. The number of hydrogen-bond acceptors (Lipinski definition) is 2. The maximum atomic E-state index is 11.0. The minimum Gasteiger partial charge on any atom is -0.481 e. The van der Waals surface area contributed by atoms with Crippen molar-refractivity contribution >= 4 is 12.0 Å². The summed E-state index contributed by atoms with van der Waals surface area (Å²) in [6.07, 6.45) is 6.53. The molecule has 0 aromatic heterocycles. The third kappa shape index (κ3) is 8.88. The Hall–Kier alpha value is -1.70. The molecule has 0 aliphatic rings. The molecule has 0 saturated carbocycles. The fraction of sp³-hybridized carbons (Fsp3) is 0.636. The molecule has 0 spiro atoms. The Kier molecular flexibility index (Phi) is 7.68. The van der Waals surface area contributed by atoms with Crippen LogP contribution in [0, 0.1) is 18.3 Å². The SMILES string of the molecule is C#CCNC(=O)NCCC(C)CCC(=O)O. The minimum atomic E-state index is -0.786. The van der Waals surface area contributed by atoms with Crippen molar-refractivity contribution in [3.63, 3.8) is 0 Å². The molecule has 5 nitrogen and oxygen atoms in total. The Balaban J connectivity index is 3.47. The maximum absolute atomic E-state index is 11.0. The molecule has 16 heavy (non-hydrogen) atoms. The summed E-state index contributed by atoms with van der Waals surface area (Å²) in [6, 6.07) is -0.289. The first-order chi connectivity index (χ1) is 7.56. The maximum Gasteiger partial charge on any atom is 0.315 e. The van der Waals surface area contributed by atoms with Crippen LogP contribution in [0.2, 0.25) is 0 Å². The second kappa shape index (κ2) is 8.60. The summed E-state index contributed by atoms with van der Waals surface area (Å²) in [7, 11) is 0. The number of carboxylic acids is 1. The van der Waals surface area contributed by atoms with Crippen molar-refractivity contribution in [2.45, 2.75) is 26.2 Å². The van der Waals surface area contributed by atoms with Crippen molar-refractivity contribution in [3.05, 3.63) is 0 Å². The van der Waals surface area contributed by atoms with Gasteiger partial charge in [0.15, 0.2) is 0 Å². The van der Waals surface area contributed by atoms with Gasteiger partial charge < -0.3 is 15.7 Å². The van der Waals surface area contributed by atoms with E-state index in [1.165, 1.54) is 0 Å². The monoisotopic (exact) mass is 226 g/mol. The van der Waals surface area contributed by atoms with Gasteiger partial charge in [-0.3, -0.25) is 4.79 Å². The van der Waals surface area contributed by atoms with Crippen LogP contribution in [0.25, 0.3) is 0 Å². The lowest BCUT2D eigenvalue weighted by atomic mass is 10.0. The highest BCUT2D eigenvalue weighted by atomic mass is 16.4. The molecule has 3 N–H and O–H groups in total. The molecular weight excluding hydrogens is 208 g/mol. The summed E-state index contributed by atoms with van der Waals surface area (Å²) >= 11 is 0. The van der Waals surface area contributed by atoms with Gasteiger partial charge in [0.05, 0.1) is 6.54 Å². The van der Waals surface area contributed by atoms with Gasteiger partial charge in [0, 0.05) is 13.0 Å². The largest absolute Gasteiger partial charge is 0.481 e. The normalized spacial score (nSPS) is 11.2. The van der Waals surface area contributed by atoms with Crippen LogP contribution in [0.5, 0.6) is 0 Å². The smallest absolute Gasteiger partial charge is 0.315 e. The minimum absolute atomic E-state index is 0.171. The number of terminal acetylenes is 1.